The topological polar surface area (TPSA) is 0 Å². The van der Waals surface area contributed by atoms with Crippen LogP contribution in [0.2, 0.25) is 0 Å². The summed E-state index contributed by atoms with van der Waals surface area (Å²) in [4.78, 5) is 0. The molecule has 0 aromatic heterocycles. The third-order valence-corrected chi connectivity index (χ3v) is 0. The summed E-state index contributed by atoms with van der Waals surface area (Å²) in [5, 5.41) is 0.194. The van der Waals surface area contributed by atoms with Crippen molar-refractivity contribution in [1.29, 1.82) is 0 Å². The molecule has 0 atom stereocenters. The van der Waals surface area contributed by atoms with E-state index in [2.05, 4.69) is 0 Å². The molecule has 0 spiro atoms. The molecule has 0 bridgehead atoms. The van der Waals surface area contributed by atoms with Gasteiger partial charge in [0.1, 0.15) is 0 Å². The molecule has 6 heavy (non-hydrogen) atoms. The summed E-state index contributed by atoms with van der Waals surface area (Å²) in [6.07, 6.45) is 0. The van der Waals surface area contributed by atoms with Crippen LogP contribution in [0.25, 0.3) is 0 Å². The summed E-state index contributed by atoms with van der Waals surface area (Å²) < 4.78 is 0. The van der Waals surface area contributed by atoms with E-state index in [1.54, 1.807) is 0 Å². The van der Waals surface area contributed by atoms with E-state index in [0.29, 0.717) is 0 Å². The number of hydrogen-bond donors (Lipinski definition) is 0. The predicted molar refractivity (Wildman–Crippen MR) is 28.3 cm³/mol. The monoisotopic (exact) mass is 210 g/mol. The van der Waals surface area contributed by atoms with Crippen LogP contribution in [-0.4, -0.2) is 5.34 Å². The van der Waals surface area contributed by atoms with Gasteiger partial charge in [-0.05, 0) is 0 Å². The Bertz CT molecular complexity index is 9.51. The fraction of sp³-hybridized carbons (Fsp3) is 1.00. The van der Waals surface area contributed by atoms with Crippen molar-refractivity contribution >= 4 is 43.4 Å². The molecule has 0 N–H and O–H groups in total. The fourth-order valence-electron chi connectivity index (χ4n) is 0. The second kappa shape index (κ2) is 15.9. The fourth-order valence-corrected chi connectivity index (χ4v) is 0. The quantitative estimate of drug-likeness (QED) is 0.427. The molecule has 0 aromatic carbocycles. The van der Waals surface area contributed by atoms with Gasteiger partial charge in [-0.3, -0.25) is 0 Å². The summed E-state index contributed by atoms with van der Waals surface area (Å²) >= 11 is 9.72. The minimum atomic E-state index is 0.194. The van der Waals surface area contributed by atoms with Crippen molar-refractivity contribution in [2.45, 2.75) is 0 Å². The molecule has 0 nitrogen and oxygen atoms in total. The van der Waals surface area contributed by atoms with Crippen LogP contribution in [0.5, 0.6) is 0 Å². The van der Waals surface area contributed by atoms with Gasteiger partial charge in [0.05, 0.1) is 5.34 Å². The molecule has 0 unspecified atom stereocenters. The van der Waals surface area contributed by atoms with Crippen molar-refractivity contribution in [3.05, 3.63) is 0 Å². The van der Waals surface area contributed by atoms with Gasteiger partial charge in [-0.1, -0.05) is 0 Å². The normalized spacial score (nSPS) is 6.67. The first kappa shape index (κ1) is 10.6. The van der Waals surface area contributed by atoms with Gasteiger partial charge in [0, 0.05) is 0 Å². The maximum absolute atomic E-state index is 4.76. The van der Waals surface area contributed by atoms with E-state index in [1.807, 2.05) is 0 Å². The summed E-state index contributed by atoms with van der Waals surface area (Å²) in [7, 11) is 9.53. The second-order valence-corrected chi connectivity index (χ2v) is 2.78. The predicted octanol–water partition coefficient (Wildman–Crippen LogP) is 2.80. The van der Waals surface area contributed by atoms with Gasteiger partial charge < -0.3 is 0 Å². The Balaban J connectivity index is 0. The zero-order valence-electron chi connectivity index (χ0n) is 2.57. The standard InChI is InChI=1S/CH2Cl2.2ClH.Fe/c2-1-3;;;/h1H2;2*1H;/q;;;+2/p-2. The van der Waals surface area contributed by atoms with Crippen LogP contribution in [0.1, 0.15) is 0 Å². The Hall–Kier alpha value is 1.68. The first-order valence-electron chi connectivity index (χ1n) is 0.802. The summed E-state index contributed by atoms with van der Waals surface area (Å²) in [5.74, 6) is 0. The molecular formula is CH2Cl4Fe. The van der Waals surface area contributed by atoms with Gasteiger partial charge in [0.15, 0.2) is 0 Å². The van der Waals surface area contributed by atoms with Crippen LogP contribution in [0, 0.1) is 0 Å². The Labute approximate surface area is 61.7 Å². The molecule has 0 saturated carbocycles. The Morgan fingerprint density at radius 1 is 1.17 bits per heavy atom. The van der Waals surface area contributed by atoms with E-state index in [-0.39, 0.29) is 18.5 Å². The van der Waals surface area contributed by atoms with Crippen molar-refractivity contribution in [3.63, 3.8) is 0 Å². The third-order valence-electron chi connectivity index (χ3n) is 0. The maximum atomic E-state index is 4.76. The molecule has 0 heterocycles. The van der Waals surface area contributed by atoms with Gasteiger partial charge in [-0.2, -0.15) is 0 Å². The van der Waals surface area contributed by atoms with Crippen LogP contribution in [-0.2, 0) is 13.1 Å². The number of halogens is 4. The van der Waals surface area contributed by atoms with Crippen molar-refractivity contribution in [1.82, 2.24) is 0 Å². The molecular weight excluding hydrogens is 210 g/mol. The Kier molecular flexibility index (Phi) is 28.2. The van der Waals surface area contributed by atoms with Crippen LogP contribution in [0.4, 0.5) is 0 Å². The molecule has 0 aliphatic rings. The van der Waals surface area contributed by atoms with Crippen molar-refractivity contribution in [3.8, 4) is 0 Å². The summed E-state index contributed by atoms with van der Waals surface area (Å²) in [5.41, 5.74) is 0. The van der Waals surface area contributed by atoms with E-state index in [4.69, 9.17) is 43.4 Å². The first-order chi connectivity index (χ1) is 2.83. The SMILES string of the molecule is ClCCl.[Cl][Fe][Cl]. The van der Waals surface area contributed by atoms with Crippen molar-refractivity contribution < 1.29 is 13.1 Å². The molecule has 0 saturated heterocycles. The molecule has 0 rings (SSSR count). The average Bonchev–Trinajstić information content (AvgIpc) is 1.39. The minimum absolute atomic E-state index is 0.194. The molecule has 0 fully saturated rings. The van der Waals surface area contributed by atoms with Crippen molar-refractivity contribution in [2.24, 2.45) is 0 Å². The van der Waals surface area contributed by atoms with Crippen LogP contribution in [0.3, 0.4) is 0 Å². The number of rotatable bonds is 0. The Morgan fingerprint density at radius 2 is 1.17 bits per heavy atom. The van der Waals surface area contributed by atoms with Gasteiger partial charge in [0.2, 0.25) is 0 Å². The van der Waals surface area contributed by atoms with Crippen LogP contribution >= 0.6 is 43.4 Å². The van der Waals surface area contributed by atoms with Gasteiger partial charge in [0.25, 0.3) is 0 Å². The summed E-state index contributed by atoms with van der Waals surface area (Å²) in [6, 6.07) is 0. The van der Waals surface area contributed by atoms with Crippen molar-refractivity contribution in [2.75, 3.05) is 5.34 Å². The molecule has 5 heteroatoms. The van der Waals surface area contributed by atoms with Crippen LogP contribution in [0.15, 0.2) is 0 Å². The number of hydrogen-bond acceptors (Lipinski definition) is 0. The second-order valence-electron chi connectivity index (χ2n) is 0.152. The zero-order chi connectivity index (χ0) is 5.41. The van der Waals surface area contributed by atoms with E-state index in [1.165, 1.54) is 0 Å². The first-order valence-corrected chi connectivity index (χ1v) is 4.91. The average molecular weight is 212 g/mol. The summed E-state index contributed by atoms with van der Waals surface area (Å²) in [6.45, 7) is 0. The Morgan fingerprint density at radius 3 is 1.17 bits per heavy atom. The zero-order valence-corrected chi connectivity index (χ0v) is 6.70. The molecule has 0 aliphatic heterocycles. The van der Waals surface area contributed by atoms with Crippen LogP contribution < -0.4 is 0 Å². The molecule has 0 amide bonds. The van der Waals surface area contributed by atoms with E-state index in [9.17, 15) is 0 Å². The third kappa shape index (κ3) is 44.1. The van der Waals surface area contributed by atoms with E-state index in [0.717, 1.165) is 0 Å². The molecule has 0 aromatic rings. The van der Waals surface area contributed by atoms with Gasteiger partial charge in [-0.25, -0.2) is 0 Å². The number of alkyl halides is 2. The molecule has 0 radical (unpaired) electrons. The molecule has 0 aliphatic carbocycles. The van der Waals surface area contributed by atoms with E-state index >= 15 is 0 Å². The van der Waals surface area contributed by atoms with Gasteiger partial charge >= 0.3 is 33.3 Å². The van der Waals surface area contributed by atoms with Gasteiger partial charge in [-0.15, -0.1) is 23.2 Å². The van der Waals surface area contributed by atoms with E-state index < -0.39 is 0 Å². The molecule has 42 valence electrons.